The first kappa shape index (κ1) is 53.2. The van der Waals surface area contributed by atoms with Gasteiger partial charge in [-0.15, -0.1) is 0 Å². The molecule has 0 spiro atoms. The number of carboxylic acid groups (broad SMARTS) is 1. The molecule has 0 rings (SSSR count). The molecule has 0 aliphatic rings. The topological polar surface area (TPSA) is 171 Å². The summed E-state index contributed by atoms with van der Waals surface area (Å²) in [6.07, 6.45) is 31.3. The van der Waals surface area contributed by atoms with Crippen molar-refractivity contribution in [2.75, 3.05) is 26.3 Å². The molecule has 2 N–H and O–H groups in total. The summed E-state index contributed by atoms with van der Waals surface area (Å²) in [5, 5.41) is 23.7. The van der Waals surface area contributed by atoms with Crippen LogP contribution in [0.1, 0.15) is 219 Å². The lowest BCUT2D eigenvalue weighted by atomic mass is 10.0. The fourth-order valence-corrected chi connectivity index (χ4v) is 6.64. The molecule has 328 valence electrons. The van der Waals surface area contributed by atoms with Gasteiger partial charge >= 0.3 is 29.9 Å². The smallest absolute Gasteiger partial charge is 0.381 e. The van der Waals surface area contributed by atoms with E-state index in [2.05, 4.69) is 19.2 Å². The minimum absolute atomic E-state index is 0.156. The molecule has 12 nitrogen and oxygen atoms in total. The number of carbonyl (C=O) groups excluding carboxylic acids is 3. The molecule has 0 radical (unpaired) electrons. The SMILES string of the molecule is CCCCCCCCCCCCCCCCCCC(=O)OC(COC(=O)CCCCCCCCCCCCNCCCC)COC(=O)C(CCC(=O)O)[N+](=O)[O-]. The number of esters is 3. The van der Waals surface area contributed by atoms with E-state index in [-0.39, 0.29) is 19.4 Å². The van der Waals surface area contributed by atoms with Crippen molar-refractivity contribution in [2.24, 2.45) is 0 Å². The van der Waals surface area contributed by atoms with Crippen LogP contribution in [0.15, 0.2) is 0 Å². The molecule has 0 fully saturated rings. The first-order chi connectivity index (χ1) is 27.2. The van der Waals surface area contributed by atoms with Crippen LogP contribution in [0.3, 0.4) is 0 Å². The van der Waals surface area contributed by atoms with Crippen molar-refractivity contribution in [1.29, 1.82) is 0 Å². The average molecular weight is 799 g/mol. The Hall–Kier alpha value is -2.76. The summed E-state index contributed by atoms with van der Waals surface area (Å²) in [5.74, 6) is -3.48. The van der Waals surface area contributed by atoms with Crippen molar-refractivity contribution in [2.45, 2.75) is 231 Å². The molecule has 0 aliphatic heterocycles. The molecule has 12 heteroatoms. The van der Waals surface area contributed by atoms with Crippen LogP contribution in [0.4, 0.5) is 0 Å². The number of aliphatic carboxylic acids is 1. The Bertz CT molecular complexity index is 979. The number of carboxylic acids is 1. The van der Waals surface area contributed by atoms with Crippen LogP contribution >= 0.6 is 0 Å². The molecule has 0 aromatic carbocycles. The van der Waals surface area contributed by atoms with Gasteiger partial charge in [0.1, 0.15) is 13.2 Å². The molecule has 0 saturated heterocycles. The lowest BCUT2D eigenvalue weighted by Gasteiger charge is -2.19. The first-order valence-corrected chi connectivity index (χ1v) is 22.8. The Morgan fingerprint density at radius 1 is 0.536 bits per heavy atom. The van der Waals surface area contributed by atoms with Crippen LogP contribution in [0.5, 0.6) is 0 Å². The van der Waals surface area contributed by atoms with E-state index < -0.39 is 60.4 Å². The predicted molar refractivity (Wildman–Crippen MR) is 222 cm³/mol. The van der Waals surface area contributed by atoms with E-state index in [1.54, 1.807) is 0 Å². The molecule has 56 heavy (non-hydrogen) atoms. The second kappa shape index (κ2) is 40.4. The monoisotopic (exact) mass is 799 g/mol. The van der Waals surface area contributed by atoms with Crippen LogP contribution in [-0.4, -0.2) is 72.4 Å². The number of ether oxygens (including phenoxy) is 3. The summed E-state index contributed by atoms with van der Waals surface area (Å²) in [5.41, 5.74) is 0. The standard InChI is InChI=1S/C44H82N2O10/c1-3-5-7-8-9-10-11-12-13-14-15-16-20-23-26-29-32-43(50)56-39(38-55-44(51)40(46(52)53)33-34-41(47)48)37-54-42(49)31-28-25-22-19-17-18-21-24-27-30-36-45-35-6-4-2/h39-40,45H,3-38H2,1-2H3,(H,47,48). The van der Waals surface area contributed by atoms with Gasteiger partial charge < -0.3 is 24.6 Å². The maximum Gasteiger partial charge on any atom is 0.381 e. The Labute approximate surface area is 339 Å². The third-order valence-electron chi connectivity index (χ3n) is 10.2. The molecular formula is C44H82N2O10. The van der Waals surface area contributed by atoms with Gasteiger partial charge in [0.15, 0.2) is 6.10 Å². The van der Waals surface area contributed by atoms with E-state index in [0.29, 0.717) is 12.8 Å². The number of nitrogens with zero attached hydrogens (tertiary/aromatic N) is 1. The molecule has 0 saturated carbocycles. The number of hydrogen-bond acceptors (Lipinski definition) is 10. The van der Waals surface area contributed by atoms with Crippen molar-refractivity contribution in [3.8, 4) is 0 Å². The van der Waals surface area contributed by atoms with E-state index in [1.165, 1.54) is 128 Å². The van der Waals surface area contributed by atoms with Gasteiger partial charge in [-0.25, -0.2) is 4.79 Å². The zero-order valence-corrected chi connectivity index (χ0v) is 35.7. The van der Waals surface area contributed by atoms with E-state index in [1.807, 2.05) is 0 Å². The fraction of sp³-hybridized carbons (Fsp3) is 0.909. The maximum absolute atomic E-state index is 12.7. The lowest BCUT2D eigenvalue weighted by molar-refractivity contribution is -0.511. The Kier molecular flexibility index (Phi) is 38.4. The lowest BCUT2D eigenvalue weighted by Crippen LogP contribution is -2.36. The highest BCUT2D eigenvalue weighted by atomic mass is 16.6. The summed E-state index contributed by atoms with van der Waals surface area (Å²) < 4.78 is 15.9. The summed E-state index contributed by atoms with van der Waals surface area (Å²) in [7, 11) is 0. The van der Waals surface area contributed by atoms with E-state index >= 15 is 0 Å². The third kappa shape index (κ3) is 36.9. The van der Waals surface area contributed by atoms with E-state index in [0.717, 1.165) is 51.6 Å². The van der Waals surface area contributed by atoms with Gasteiger partial charge in [-0.2, -0.15) is 0 Å². The molecule has 2 unspecified atom stereocenters. The van der Waals surface area contributed by atoms with Gasteiger partial charge in [-0.05, 0) is 38.8 Å². The molecular weight excluding hydrogens is 716 g/mol. The molecule has 2 atom stereocenters. The highest BCUT2D eigenvalue weighted by Crippen LogP contribution is 2.16. The van der Waals surface area contributed by atoms with Crippen LogP contribution < -0.4 is 5.32 Å². The minimum atomic E-state index is -1.86. The van der Waals surface area contributed by atoms with Crippen molar-refractivity contribution in [3.05, 3.63) is 10.1 Å². The molecule has 0 aliphatic carbocycles. The zero-order chi connectivity index (χ0) is 41.3. The first-order valence-electron chi connectivity index (χ1n) is 22.8. The number of carbonyl (C=O) groups is 4. The van der Waals surface area contributed by atoms with Gasteiger partial charge in [-0.1, -0.05) is 168 Å². The number of unbranched alkanes of at least 4 members (excludes halogenated alkanes) is 25. The second-order valence-corrected chi connectivity index (χ2v) is 15.6. The van der Waals surface area contributed by atoms with Gasteiger partial charge in [0.25, 0.3) is 0 Å². The highest BCUT2D eigenvalue weighted by molar-refractivity contribution is 5.76. The summed E-state index contributed by atoms with van der Waals surface area (Å²) in [4.78, 5) is 58.9. The number of hydrogen-bond donors (Lipinski definition) is 2. The molecule has 0 aromatic rings. The van der Waals surface area contributed by atoms with E-state index in [9.17, 15) is 29.3 Å². The Morgan fingerprint density at radius 2 is 0.929 bits per heavy atom. The van der Waals surface area contributed by atoms with Crippen LogP contribution in [-0.2, 0) is 33.4 Å². The maximum atomic E-state index is 12.7. The largest absolute Gasteiger partial charge is 0.481 e. The van der Waals surface area contributed by atoms with Gasteiger partial charge in [0, 0.05) is 24.2 Å². The second-order valence-electron chi connectivity index (χ2n) is 15.6. The normalized spacial score (nSPS) is 12.2. The zero-order valence-electron chi connectivity index (χ0n) is 35.7. The summed E-state index contributed by atoms with van der Waals surface area (Å²) in [6.45, 7) is 5.81. The van der Waals surface area contributed by atoms with Crippen LogP contribution in [0.2, 0.25) is 0 Å². The fourth-order valence-electron chi connectivity index (χ4n) is 6.64. The Morgan fingerprint density at radius 3 is 1.38 bits per heavy atom. The van der Waals surface area contributed by atoms with E-state index in [4.69, 9.17) is 19.3 Å². The van der Waals surface area contributed by atoms with Gasteiger partial charge in [-0.3, -0.25) is 24.5 Å². The van der Waals surface area contributed by atoms with Crippen molar-refractivity contribution < 1.29 is 43.4 Å². The minimum Gasteiger partial charge on any atom is -0.481 e. The molecule has 0 aromatic heterocycles. The average Bonchev–Trinajstić information content (AvgIpc) is 3.17. The number of rotatable bonds is 43. The number of nitrogens with one attached hydrogen (secondary N) is 1. The van der Waals surface area contributed by atoms with Gasteiger partial charge in [0.2, 0.25) is 0 Å². The number of nitro groups is 1. The molecule has 0 bridgehead atoms. The third-order valence-corrected chi connectivity index (χ3v) is 10.2. The summed E-state index contributed by atoms with van der Waals surface area (Å²) in [6, 6.07) is -1.86. The van der Waals surface area contributed by atoms with Gasteiger partial charge in [0.05, 0.1) is 6.42 Å². The molecule has 0 heterocycles. The Balaban J connectivity index is 4.39. The predicted octanol–water partition coefficient (Wildman–Crippen LogP) is 10.8. The summed E-state index contributed by atoms with van der Waals surface area (Å²) >= 11 is 0. The quantitative estimate of drug-likeness (QED) is 0.0198. The van der Waals surface area contributed by atoms with Crippen molar-refractivity contribution in [1.82, 2.24) is 5.32 Å². The molecule has 0 amide bonds. The van der Waals surface area contributed by atoms with Crippen LogP contribution in [0, 0.1) is 10.1 Å². The van der Waals surface area contributed by atoms with Crippen LogP contribution in [0.25, 0.3) is 0 Å². The highest BCUT2D eigenvalue weighted by Gasteiger charge is 2.33. The van der Waals surface area contributed by atoms with Crippen molar-refractivity contribution >= 4 is 23.9 Å². The van der Waals surface area contributed by atoms with Crippen molar-refractivity contribution in [3.63, 3.8) is 0 Å².